The van der Waals surface area contributed by atoms with Crippen LogP contribution in [0.3, 0.4) is 0 Å². The molecule has 0 bridgehead atoms. The molecule has 0 amide bonds. The number of hydrogen-bond acceptors (Lipinski definition) is 8. The maximum atomic E-state index is 7.62. The Balaban J connectivity index is 0.982. The Labute approximate surface area is 465 Å². The van der Waals surface area contributed by atoms with Gasteiger partial charge in [-0.05, 0) is 136 Å². The number of pyridine rings is 2. The molecule has 0 aliphatic carbocycles. The van der Waals surface area contributed by atoms with Crippen LogP contribution in [0, 0.1) is 0 Å². The Bertz CT molecular complexity index is 4240. The van der Waals surface area contributed by atoms with Crippen LogP contribution in [0.5, 0.6) is 11.5 Å². The molecule has 0 saturated heterocycles. The van der Waals surface area contributed by atoms with E-state index in [4.69, 9.17) is 14.7 Å². The predicted octanol–water partition coefficient (Wildman–Crippen LogP) is 13.9. The fraction of sp³-hybridized carbons (Fsp3) is 0. The van der Waals surface area contributed by atoms with Crippen molar-refractivity contribution in [1.82, 2.24) is 9.97 Å². The summed E-state index contributed by atoms with van der Waals surface area (Å²) in [6, 6.07) is 97.2. The summed E-state index contributed by atoms with van der Waals surface area (Å²) in [7, 11) is 0. The average molecular weight is 1020 g/mol. The van der Waals surface area contributed by atoms with Crippen LogP contribution in [0.4, 0.5) is 85.6 Å². The normalized spacial score (nSPS) is 13.0. The molecule has 80 heavy (non-hydrogen) atoms. The van der Waals surface area contributed by atoms with Gasteiger partial charge in [-0.3, -0.25) is 14.8 Å². The molecule has 12 aromatic rings. The third kappa shape index (κ3) is 7.19. The zero-order valence-corrected chi connectivity index (χ0v) is 43.3. The first kappa shape index (κ1) is 45.6. The van der Waals surface area contributed by atoms with E-state index in [1.807, 2.05) is 6.20 Å². The maximum Gasteiger partial charge on any atom is 0.256 e. The second-order valence-electron chi connectivity index (χ2n) is 20.5. The summed E-state index contributed by atoms with van der Waals surface area (Å²) in [6.07, 6.45) is 3.99. The number of benzene rings is 10. The van der Waals surface area contributed by atoms with Crippen molar-refractivity contribution in [3.8, 4) is 11.5 Å². The molecule has 0 N–H and O–H groups in total. The summed E-state index contributed by atoms with van der Waals surface area (Å²) in [5.74, 6) is 3.21. The van der Waals surface area contributed by atoms with Crippen molar-refractivity contribution in [2.75, 3.05) is 24.5 Å². The van der Waals surface area contributed by atoms with Crippen LogP contribution in [0.2, 0.25) is 0 Å². The third-order valence-corrected chi connectivity index (χ3v) is 16.1. The second-order valence-corrected chi connectivity index (χ2v) is 20.5. The van der Waals surface area contributed by atoms with Crippen molar-refractivity contribution >= 4 is 132 Å². The first-order valence-corrected chi connectivity index (χ1v) is 27.2. The van der Waals surface area contributed by atoms with E-state index in [1.54, 1.807) is 0 Å². The molecule has 8 nitrogen and oxygen atoms in total. The predicted molar refractivity (Wildman–Crippen MR) is 331 cm³/mol. The highest BCUT2D eigenvalue weighted by atomic mass is 16.5. The molecular weight excluding hydrogens is 976 g/mol. The highest BCUT2D eigenvalue weighted by Crippen LogP contribution is 2.50. The van der Waals surface area contributed by atoms with Gasteiger partial charge < -0.3 is 19.4 Å². The van der Waals surface area contributed by atoms with Gasteiger partial charge in [-0.1, -0.05) is 152 Å². The van der Waals surface area contributed by atoms with Gasteiger partial charge in [0.05, 0.1) is 5.69 Å². The quantitative estimate of drug-likeness (QED) is 0.133. The molecule has 6 heterocycles. The van der Waals surface area contributed by atoms with Gasteiger partial charge in [-0.15, -0.1) is 0 Å². The Morgan fingerprint density at radius 2 is 0.800 bits per heavy atom. The van der Waals surface area contributed by atoms with Crippen LogP contribution in [-0.4, -0.2) is 23.4 Å². The number of aromatic nitrogens is 2. The molecule has 0 unspecified atom stereocenters. The summed E-state index contributed by atoms with van der Waals surface area (Å²) in [6.45, 7) is -0.448. The maximum absolute atomic E-state index is 7.62. The summed E-state index contributed by atoms with van der Waals surface area (Å²) in [5, 5.41) is 0. The van der Waals surface area contributed by atoms with Crippen molar-refractivity contribution in [3.05, 3.63) is 285 Å². The molecule has 0 saturated carbocycles. The summed E-state index contributed by atoms with van der Waals surface area (Å²) >= 11 is 0. The summed E-state index contributed by atoms with van der Waals surface area (Å²) in [5.41, 5.74) is 20.2. The van der Waals surface area contributed by atoms with Crippen molar-refractivity contribution in [2.45, 2.75) is 0 Å². The molecule has 4 aliphatic rings. The zero-order chi connectivity index (χ0) is 52.7. The fourth-order valence-corrected chi connectivity index (χ4v) is 12.8. The van der Waals surface area contributed by atoms with Crippen molar-refractivity contribution in [3.63, 3.8) is 0 Å². The van der Waals surface area contributed by atoms with E-state index >= 15 is 0 Å². The molecule has 0 spiro atoms. The van der Waals surface area contributed by atoms with Gasteiger partial charge in [0, 0.05) is 98.8 Å². The number of nitrogens with zero attached hydrogens (tertiary/aromatic N) is 7. The lowest BCUT2D eigenvalue weighted by atomic mass is 9.31. The number of ether oxygens (including phenoxy) is 1. The van der Waals surface area contributed by atoms with Crippen LogP contribution in [0.25, 0.3) is 0 Å². The summed E-state index contributed by atoms with van der Waals surface area (Å²) in [4.78, 5) is 22.6. The summed E-state index contributed by atoms with van der Waals surface area (Å²) < 4.78 is 7.62. The van der Waals surface area contributed by atoms with Gasteiger partial charge in [-0.2, -0.15) is 0 Å². The highest BCUT2D eigenvalue weighted by Gasteiger charge is 2.49. The Morgan fingerprint density at radius 3 is 1.38 bits per heavy atom. The lowest BCUT2D eigenvalue weighted by molar-refractivity contribution is 0.488. The largest absolute Gasteiger partial charge is 0.458 e. The van der Waals surface area contributed by atoms with E-state index in [2.05, 4.69) is 304 Å². The topological polar surface area (TPSA) is 51.2 Å². The molecule has 10 heteroatoms. The van der Waals surface area contributed by atoms with E-state index in [0.717, 1.165) is 124 Å². The molecule has 2 aromatic heterocycles. The minimum atomic E-state index is -0.263. The SMILES string of the molecule is c1ccc(N(c2ccccc2)c2cc3c4c(c2)N(c2ccccc2)c2ccccc2B4c2cc4c(cc2O3)N(c2ccccc2)c2nc(N(c3ccccc3)c3ccccc3)cc3c2B4c2cnccc2N3c2ccccc2)cc1. The number of rotatable bonds is 9. The van der Waals surface area contributed by atoms with Gasteiger partial charge >= 0.3 is 0 Å². The van der Waals surface area contributed by atoms with Gasteiger partial charge in [0.25, 0.3) is 13.4 Å². The molecule has 0 atom stereocenters. The zero-order valence-electron chi connectivity index (χ0n) is 43.3. The van der Waals surface area contributed by atoms with Crippen molar-refractivity contribution < 1.29 is 4.74 Å². The molecular formula is C70H47B2N7O. The highest BCUT2D eigenvalue weighted by molar-refractivity contribution is 7.02. The van der Waals surface area contributed by atoms with Gasteiger partial charge in [0.15, 0.2) is 0 Å². The van der Waals surface area contributed by atoms with Crippen molar-refractivity contribution in [2.24, 2.45) is 0 Å². The third-order valence-electron chi connectivity index (χ3n) is 16.1. The molecule has 0 radical (unpaired) electrons. The molecule has 4 aliphatic heterocycles. The van der Waals surface area contributed by atoms with Crippen LogP contribution in [0.15, 0.2) is 285 Å². The Hall–Kier alpha value is -10.6. The molecule has 16 rings (SSSR count). The van der Waals surface area contributed by atoms with E-state index in [0.29, 0.717) is 0 Å². The second kappa shape index (κ2) is 18.6. The van der Waals surface area contributed by atoms with Crippen LogP contribution < -0.4 is 62.0 Å². The number of hydrogen-bond donors (Lipinski definition) is 0. The minimum absolute atomic E-state index is 0.184. The van der Waals surface area contributed by atoms with Crippen LogP contribution >= 0.6 is 0 Å². The fourth-order valence-electron chi connectivity index (χ4n) is 12.8. The van der Waals surface area contributed by atoms with Crippen LogP contribution in [0.1, 0.15) is 0 Å². The first-order chi connectivity index (χ1) is 39.7. The monoisotopic (exact) mass is 1020 g/mol. The first-order valence-electron chi connectivity index (χ1n) is 27.2. The minimum Gasteiger partial charge on any atom is -0.458 e. The lowest BCUT2D eigenvalue weighted by Gasteiger charge is -2.45. The Morgan fingerprint density at radius 1 is 0.325 bits per heavy atom. The average Bonchev–Trinajstić information content (AvgIpc) is 3.57. The number of para-hydroxylation sites is 8. The standard InChI is InChI=1S/C70H47B2N7O/c1-8-24-48(25-9-1)75(49-26-10-2-11-27-49)55-42-63-68-66(43-55)80-65-45-62-57(44-58(65)71(68)56-38-22-23-39-60(56)77(63)52-32-16-5-17-33-52)72-59-47-73-41-40-61(59)78(53-34-18-6-19-35-53)64-46-67(74-70(69(64)72)79(62)54-36-20-7-21-37-54)76(50-28-12-3-13-29-50)51-30-14-4-15-31-51/h1-47H. The van der Waals surface area contributed by atoms with Crippen molar-refractivity contribution in [1.29, 1.82) is 0 Å². The smallest absolute Gasteiger partial charge is 0.256 e. The number of anilines is 15. The van der Waals surface area contributed by atoms with Gasteiger partial charge in [-0.25, -0.2) is 4.98 Å². The van der Waals surface area contributed by atoms with E-state index in [1.165, 1.54) is 5.46 Å². The lowest BCUT2D eigenvalue weighted by Crippen LogP contribution is -2.64. The van der Waals surface area contributed by atoms with E-state index in [9.17, 15) is 0 Å². The number of fused-ring (bicyclic) bond motifs is 8. The van der Waals surface area contributed by atoms with E-state index < -0.39 is 0 Å². The van der Waals surface area contributed by atoms with E-state index in [-0.39, 0.29) is 13.4 Å². The van der Waals surface area contributed by atoms with Crippen LogP contribution in [-0.2, 0) is 0 Å². The van der Waals surface area contributed by atoms with Gasteiger partial charge in [0.1, 0.15) is 23.1 Å². The Kier molecular flexibility index (Phi) is 10.6. The molecule has 374 valence electrons. The molecule has 10 aromatic carbocycles. The van der Waals surface area contributed by atoms with Gasteiger partial charge in [0.2, 0.25) is 0 Å². The molecule has 0 fully saturated rings.